The van der Waals surface area contributed by atoms with Crippen molar-refractivity contribution in [2.24, 2.45) is 0 Å². The fourth-order valence-corrected chi connectivity index (χ4v) is 3.20. The number of nitrogens with zero attached hydrogens (tertiary/aromatic N) is 1. The lowest BCUT2D eigenvalue weighted by Crippen LogP contribution is -2.54. The van der Waals surface area contributed by atoms with Crippen LogP contribution in [0.1, 0.15) is 18.1 Å². The zero-order chi connectivity index (χ0) is 19.6. The molecule has 0 bridgehead atoms. The molecule has 1 aliphatic heterocycles. The molecule has 2 aromatic carbocycles. The van der Waals surface area contributed by atoms with Gasteiger partial charge in [0.2, 0.25) is 0 Å². The van der Waals surface area contributed by atoms with Gasteiger partial charge in [-0.3, -0.25) is 19.8 Å². The molecule has 0 aromatic heterocycles. The Bertz CT molecular complexity index is 971. The highest BCUT2D eigenvalue weighted by Gasteiger charge is 2.35. The van der Waals surface area contributed by atoms with E-state index in [1.165, 1.54) is 11.0 Å². The molecule has 1 fully saturated rings. The lowest BCUT2D eigenvalue weighted by atomic mass is 10.1. The SMILES string of the molecule is CCOc1ccccc1C=C1C(=O)NC(=S)N(c2cccc(Cl)c2C)C1=O. The Morgan fingerprint density at radius 1 is 1.19 bits per heavy atom. The average molecular weight is 401 g/mol. The van der Waals surface area contributed by atoms with Gasteiger partial charge in [0.1, 0.15) is 11.3 Å². The molecule has 1 N–H and O–H groups in total. The van der Waals surface area contributed by atoms with Crippen molar-refractivity contribution in [3.05, 3.63) is 64.2 Å². The summed E-state index contributed by atoms with van der Waals surface area (Å²) in [5, 5.41) is 3.10. The van der Waals surface area contributed by atoms with Crippen LogP contribution in [0.15, 0.2) is 48.0 Å². The van der Waals surface area contributed by atoms with Gasteiger partial charge >= 0.3 is 0 Å². The molecular weight excluding hydrogens is 384 g/mol. The minimum absolute atomic E-state index is 0.0191. The monoisotopic (exact) mass is 400 g/mol. The number of anilines is 1. The van der Waals surface area contributed by atoms with Crippen LogP contribution in [0.4, 0.5) is 5.69 Å². The molecule has 2 amide bonds. The number of benzene rings is 2. The molecule has 7 heteroatoms. The van der Waals surface area contributed by atoms with E-state index in [2.05, 4.69) is 5.32 Å². The summed E-state index contributed by atoms with van der Waals surface area (Å²) >= 11 is 11.4. The maximum atomic E-state index is 13.1. The van der Waals surface area contributed by atoms with Crippen molar-refractivity contribution in [1.82, 2.24) is 5.32 Å². The number of carbonyl (C=O) groups is 2. The van der Waals surface area contributed by atoms with Gasteiger partial charge in [-0.15, -0.1) is 0 Å². The Kier molecular flexibility index (Phi) is 5.58. The highest BCUT2D eigenvalue weighted by Crippen LogP contribution is 2.30. The lowest BCUT2D eigenvalue weighted by molar-refractivity contribution is -0.122. The van der Waals surface area contributed by atoms with Crippen molar-refractivity contribution < 1.29 is 14.3 Å². The fourth-order valence-electron chi connectivity index (χ4n) is 2.76. The van der Waals surface area contributed by atoms with E-state index in [0.717, 1.165) is 0 Å². The van der Waals surface area contributed by atoms with Gasteiger partial charge in [0.05, 0.1) is 12.3 Å². The van der Waals surface area contributed by atoms with Gasteiger partial charge in [0.25, 0.3) is 11.8 Å². The largest absolute Gasteiger partial charge is 0.493 e. The van der Waals surface area contributed by atoms with Crippen molar-refractivity contribution in [2.75, 3.05) is 11.5 Å². The second-order valence-corrected chi connectivity index (χ2v) is 6.61. The normalized spacial score (nSPS) is 15.9. The fraction of sp³-hybridized carbons (Fsp3) is 0.150. The summed E-state index contributed by atoms with van der Waals surface area (Å²) in [4.78, 5) is 26.8. The maximum absolute atomic E-state index is 13.1. The topological polar surface area (TPSA) is 58.6 Å². The van der Waals surface area contributed by atoms with Crippen molar-refractivity contribution in [1.29, 1.82) is 0 Å². The Balaban J connectivity index is 2.07. The molecule has 138 valence electrons. The zero-order valence-electron chi connectivity index (χ0n) is 14.8. The van der Waals surface area contributed by atoms with Crippen LogP contribution in [0.25, 0.3) is 6.08 Å². The summed E-state index contributed by atoms with van der Waals surface area (Å²) in [6.45, 7) is 4.13. The number of para-hydroxylation sites is 1. The number of amides is 2. The minimum Gasteiger partial charge on any atom is -0.493 e. The Morgan fingerprint density at radius 2 is 1.93 bits per heavy atom. The predicted octanol–water partition coefficient (Wildman–Crippen LogP) is 3.88. The average Bonchev–Trinajstić information content (AvgIpc) is 2.63. The number of thiocarbonyl (C=S) groups is 1. The van der Waals surface area contributed by atoms with Crippen LogP contribution in [0.5, 0.6) is 5.75 Å². The molecule has 3 rings (SSSR count). The Morgan fingerprint density at radius 3 is 2.67 bits per heavy atom. The van der Waals surface area contributed by atoms with E-state index in [9.17, 15) is 9.59 Å². The number of hydrogen-bond acceptors (Lipinski definition) is 4. The molecule has 27 heavy (non-hydrogen) atoms. The second-order valence-electron chi connectivity index (χ2n) is 5.81. The first-order valence-electron chi connectivity index (χ1n) is 8.32. The van der Waals surface area contributed by atoms with E-state index in [4.69, 9.17) is 28.6 Å². The van der Waals surface area contributed by atoms with Crippen LogP contribution >= 0.6 is 23.8 Å². The molecule has 0 atom stereocenters. The molecule has 0 saturated carbocycles. The third-order valence-corrected chi connectivity index (χ3v) is 4.79. The number of rotatable bonds is 4. The molecule has 2 aromatic rings. The summed E-state index contributed by atoms with van der Waals surface area (Å²) < 4.78 is 5.57. The van der Waals surface area contributed by atoms with E-state index in [1.54, 1.807) is 37.3 Å². The van der Waals surface area contributed by atoms with Gasteiger partial charge < -0.3 is 4.74 Å². The zero-order valence-corrected chi connectivity index (χ0v) is 16.4. The first-order valence-corrected chi connectivity index (χ1v) is 9.11. The molecule has 1 aliphatic rings. The van der Waals surface area contributed by atoms with Crippen LogP contribution in [0, 0.1) is 6.92 Å². The molecule has 0 aliphatic carbocycles. The summed E-state index contributed by atoms with van der Waals surface area (Å²) in [5.41, 5.74) is 1.82. The summed E-state index contributed by atoms with van der Waals surface area (Å²) in [5.74, 6) is -0.473. The Labute approximate surface area is 167 Å². The van der Waals surface area contributed by atoms with Gasteiger partial charge in [-0.1, -0.05) is 35.9 Å². The number of nitrogens with one attached hydrogen (secondary N) is 1. The maximum Gasteiger partial charge on any atom is 0.270 e. The van der Waals surface area contributed by atoms with Crippen LogP contribution in [0.3, 0.4) is 0 Å². The third kappa shape index (κ3) is 3.72. The molecule has 1 heterocycles. The van der Waals surface area contributed by atoms with Gasteiger partial charge in [0.15, 0.2) is 5.11 Å². The van der Waals surface area contributed by atoms with Crippen molar-refractivity contribution in [3.63, 3.8) is 0 Å². The number of ether oxygens (including phenoxy) is 1. The lowest BCUT2D eigenvalue weighted by Gasteiger charge is -2.30. The molecular formula is C20H17ClN2O3S. The van der Waals surface area contributed by atoms with Crippen molar-refractivity contribution >= 4 is 52.5 Å². The van der Waals surface area contributed by atoms with Crippen LogP contribution in [0.2, 0.25) is 5.02 Å². The van der Waals surface area contributed by atoms with Gasteiger partial charge in [0, 0.05) is 10.6 Å². The van der Waals surface area contributed by atoms with Crippen LogP contribution in [-0.4, -0.2) is 23.5 Å². The summed E-state index contributed by atoms with van der Waals surface area (Å²) in [6, 6.07) is 12.4. The molecule has 0 spiro atoms. The highest BCUT2D eigenvalue weighted by atomic mass is 35.5. The minimum atomic E-state index is -0.549. The van der Waals surface area contributed by atoms with Crippen LogP contribution in [-0.2, 0) is 9.59 Å². The smallest absolute Gasteiger partial charge is 0.270 e. The van der Waals surface area contributed by atoms with Gasteiger partial charge in [-0.2, -0.15) is 0 Å². The van der Waals surface area contributed by atoms with E-state index in [0.29, 0.717) is 34.2 Å². The second kappa shape index (κ2) is 7.90. The van der Waals surface area contributed by atoms with E-state index < -0.39 is 11.8 Å². The van der Waals surface area contributed by atoms with Gasteiger partial charge in [-0.25, -0.2) is 0 Å². The van der Waals surface area contributed by atoms with E-state index >= 15 is 0 Å². The summed E-state index contributed by atoms with van der Waals surface area (Å²) in [6.07, 6.45) is 1.51. The first kappa shape index (κ1) is 19.1. The quantitative estimate of drug-likeness (QED) is 0.480. The molecule has 5 nitrogen and oxygen atoms in total. The standard InChI is InChI=1S/C20H17ClN2O3S/c1-3-26-17-10-5-4-7-13(17)11-14-18(24)22-20(27)23(19(14)25)16-9-6-8-15(21)12(16)2/h4-11H,3H2,1-2H3,(H,22,24,27). The predicted molar refractivity (Wildman–Crippen MR) is 110 cm³/mol. The van der Waals surface area contributed by atoms with Crippen LogP contribution < -0.4 is 15.0 Å². The third-order valence-electron chi connectivity index (χ3n) is 4.10. The van der Waals surface area contributed by atoms with Crippen molar-refractivity contribution in [3.8, 4) is 5.75 Å². The number of halogens is 1. The van der Waals surface area contributed by atoms with E-state index in [1.807, 2.05) is 19.1 Å². The first-order chi connectivity index (χ1) is 12.9. The van der Waals surface area contributed by atoms with Gasteiger partial charge in [-0.05, 0) is 55.9 Å². The van der Waals surface area contributed by atoms with E-state index in [-0.39, 0.29) is 10.7 Å². The number of carbonyl (C=O) groups excluding carboxylic acids is 2. The molecule has 1 saturated heterocycles. The van der Waals surface area contributed by atoms with Crippen molar-refractivity contribution in [2.45, 2.75) is 13.8 Å². The summed E-state index contributed by atoms with van der Waals surface area (Å²) in [7, 11) is 0. The molecule has 0 radical (unpaired) electrons. The number of hydrogen-bond donors (Lipinski definition) is 1. The molecule has 0 unspecified atom stereocenters. The Hall–Kier alpha value is -2.70. The highest BCUT2D eigenvalue weighted by molar-refractivity contribution is 7.80.